The lowest BCUT2D eigenvalue weighted by Gasteiger charge is -2.27. The van der Waals surface area contributed by atoms with E-state index in [0.717, 1.165) is 49.3 Å². The number of piperidine rings is 1. The number of hydrogen-bond donors (Lipinski definition) is 3. The van der Waals surface area contributed by atoms with Crippen LogP contribution in [0.1, 0.15) is 30.4 Å². The molecular formula is C17H26N3O2+. The molecule has 0 unspecified atom stereocenters. The molecule has 5 heteroatoms. The largest absolute Gasteiger partial charge is 0.369 e. The van der Waals surface area contributed by atoms with E-state index in [0.29, 0.717) is 6.42 Å². The van der Waals surface area contributed by atoms with Crippen LogP contribution < -0.4 is 16.0 Å². The molecule has 4 N–H and O–H groups in total. The fraction of sp³-hybridized carbons (Fsp3) is 0.529. The SMILES string of the molecule is Cc1ccc(C)c(NC(=O)CC[NH+]2CCC(C(N)=O)CC2)c1. The fourth-order valence-electron chi connectivity index (χ4n) is 2.93. The lowest BCUT2D eigenvalue weighted by molar-refractivity contribution is -0.905. The zero-order chi connectivity index (χ0) is 16.1. The summed E-state index contributed by atoms with van der Waals surface area (Å²) in [4.78, 5) is 24.6. The summed E-state index contributed by atoms with van der Waals surface area (Å²) in [7, 11) is 0. The molecule has 22 heavy (non-hydrogen) atoms. The molecule has 2 amide bonds. The highest BCUT2D eigenvalue weighted by Gasteiger charge is 2.25. The van der Waals surface area contributed by atoms with Gasteiger partial charge in [0.1, 0.15) is 0 Å². The molecule has 1 aliphatic rings. The monoisotopic (exact) mass is 304 g/mol. The Balaban J connectivity index is 1.77. The highest BCUT2D eigenvalue weighted by atomic mass is 16.2. The van der Waals surface area contributed by atoms with Crippen molar-refractivity contribution in [3.05, 3.63) is 29.3 Å². The van der Waals surface area contributed by atoms with E-state index in [-0.39, 0.29) is 17.7 Å². The molecule has 1 aromatic rings. The van der Waals surface area contributed by atoms with E-state index < -0.39 is 0 Å². The second-order valence-electron chi connectivity index (χ2n) is 6.29. The van der Waals surface area contributed by atoms with E-state index >= 15 is 0 Å². The molecule has 0 radical (unpaired) electrons. The normalized spacial score (nSPS) is 21.4. The van der Waals surface area contributed by atoms with Crippen LogP contribution >= 0.6 is 0 Å². The summed E-state index contributed by atoms with van der Waals surface area (Å²) in [5.41, 5.74) is 8.45. The minimum atomic E-state index is -0.188. The van der Waals surface area contributed by atoms with Gasteiger partial charge in [0.2, 0.25) is 11.8 Å². The molecule has 0 aliphatic carbocycles. The van der Waals surface area contributed by atoms with Crippen molar-refractivity contribution >= 4 is 17.5 Å². The molecule has 5 nitrogen and oxygen atoms in total. The number of quaternary nitrogens is 1. The van der Waals surface area contributed by atoms with Gasteiger partial charge in [0.25, 0.3) is 0 Å². The van der Waals surface area contributed by atoms with Crippen molar-refractivity contribution < 1.29 is 14.5 Å². The van der Waals surface area contributed by atoms with E-state index in [1.807, 2.05) is 32.0 Å². The molecule has 0 atom stereocenters. The van der Waals surface area contributed by atoms with Crippen LogP contribution in [0.2, 0.25) is 0 Å². The van der Waals surface area contributed by atoms with Gasteiger partial charge in [-0.25, -0.2) is 0 Å². The lowest BCUT2D eigenvalue weighted by Crippen LogP contribution is -3.13. The molecule has 1 aromatic carbocycles. The molecule has 0 aromatic heterocycles. The summed E-state index contributed by atoms with van der Waals surface area (Å²) < 4.78 is 0. The Labute approximate surface area is 131 Å². The van der Waals surface area contributed by atoms with Crippen LogP contribution in [0.4, 0.5) is 5.69 Å². The van der Waals surface area contributed by atoms with Crippen molar-refractivity contribution in [1.29, 1.82) is 0 Å². The van der Waals surface area contributed by atoms with Crippen molar-refractivity contribution in [2.75, 3.05) is 25.0 Å². The van der Waals surface area contributed by atoms with Gasteiger partial charge < -0.3 is 16.0 Å². The number of nitrogens with one attached hydrogen (secondary N) is 2. The van der Waals surface area contributed by atoms with Crippen LogP contribution in [-0.2, 0) is 9.59 Å². The number of rotatable bonds is 5. The van der Waals surface area contributed by atoms with Crippen LogP contribution in [0.15, 0.2) is 18.2 Å². The number of nitrogens with two attached hydrogens (primary N) is 1. The molecule has 0 saturated carbocycles. The Morgan fingerprint density at radius 3 is 2.59 bits per heavy atom. The summed E-state index contributed by atoms with van der Waals surface area (Å²) in [6.45, 7) is 6.66. The maximum absolute atomic E-state index is 12.1. The first-order valence-corrected chi connectivity index (χ1v) is 7.95. The zero-order valence-corrected chi connectivity index (χ0v) is 13.4. The minimum Gasteiger partial charge on any atom is -0.369 e. The molecule has 0 spiro atoms. The van der Waals surface area contributed by atoms with Gasteiger partial charge in [-0.05, 0) is 31.0 Å². The van der Waals surface area contributed by atoms with Gasteiger partial charge >= 0.3 is 0 Å². The summed E-state index contributed by atoms with van der Waals surface area (Å²) >= 11 is 0. The summed E-state index contributed by atoms with van der Waals surface area (Å²) in [6, 6.07) is 6.06. The first-order chi connectivity index (χ1) is 10.5. The van der Waals surface area contributed by atoms with Gasteiger partial charge in [0.05, 0.1) is 26.1 Å². The second kappa shape index (κ2) is 7.40. The average Bonchev–Trinajstić information content (AvgIpc) is 2.49. The van der Waals surface area contributed by atoms with Crippen LogP contribution in [-0.4, -0.2) is 31.4 Å². The number of anilines is 1. The number of hydrogen-bond acceptors (Lipinski definition) is 2. The summed E-state index contributed by atoms with van der Waals surface area (Å²) in [6.07, 6.45) is 2.18. The second-order valence-corrected chi connectivity index (χ2v) is 6.29. The minimum absolute atomic E-state index is 0.0209. The Hall–Kier alpha value is -1.88. The number of benzene rings is 1. The van der Waals surface area contributed by atoms with Gasteiger partial charge in [0.15, 0.2) is 0 Å². The van der Waals surface area contributed by atoms with Crippen LogP contribution in [0.25, 0.3) is 0 Å². The van der Waals surface area contributed by atoms with Crippen LogP contribution in [0, 0.1) is 19.8 Å². The van der Waals surface area contributed by atoms with E-state index in [2.05, 4.69) is 5.32 Å². The number of amides is 2. The van der Waals surface area contributed by atoms with Gasteiger partial charge in [-0.1, -0.05) is 12.1 Å². The van der Waals surface area contributed by atoms with Gasteiger partial charge in [-0.2, -0.15) is 0 Å². The molecule has 1 fully saturated rings. The number of carbonyl (C=O) groups is 2. The number of primary amides is 1. The van der Waals surface area contributed by atoms with Gasteiger partial charge in [0, 0.05) is 24.4 Å². The smallest absolute Gasteiger partial charge is 0.230 e. The molecule has 2 rings (SSSR count). The predicted octanol–water partition coefficient (Wildman–Crippen LogP) is 0.412. The van der Waals surface area contributed by atoms with E-state index in [1.54, 1.807) is 0 Å². The van der Waals surface area contributed by atoms with Crippen LogP contribution in [0.5, 0.6) is 0 Å². The zero-order valence-electron chi connectivity index (χ0n) is 13.4. The van der Waals surface area contributed by atoms with Crippen molar-refractivity contribution in [1.82, 2.24) is 0 Å². The van der Waals surface area contributed by atoms with Crippen molar-refractivity contribution in [2.45, 2.75) is 33.1 Å². The Morgan fingerprint density at radius 1 is 1.27 bits per heavy atom. The first-order valence-electron chi connectivity index (χ1n) is 7.95. The Kier molecular flexibility index (Phi) is 5.55. The van der Waals surface area contributed by atoms with Crippen LogP contribution in [0.3, 0.4) is 0 Å². The Bertz CT molecular complexity index is 549. The molecule has 1 aliphatic heterocycles. The number of aryl methyl sites for hydroxylation is 2. The predicted molar refractivity (Wildman–Crippen MR) is 86.6 cm³/mol. The molecule has 1 heterocycles. The maximum atomic E-state index is 12.1. The molecule has 1 saturated heterocycles. The molecule has 0 bridgehead atoms. The molecule has 120 valence electrons. The fourth-order valence-corrected chi connectivity index (χ4v) is 2.93. The Morgan fingerprint density at radius 2 is 1.95 bits per heavy atom. The standard InChI is InChI=1S/C17H25N3O2/c1-12-3-4-13(2)15(11-12)19-16(21)7-10-20-8-5-14(6-9-20)17(18)22/h3-4,11,14H,5-10H2,1-2H3,(H2,18,22)(H,19,21)/p+1. The summed E-state index contributed by atoms with van der Waals surface area (Å²) in [5.74, 6) is -0.113. The highest BCUT2D eigenvalue weighted by molar-refractivity contribution is 5.91. The van der Waals surface area contributed by atoms with Gasteiger partial charge in [-0.15, -0.1) is 0 Å². The number of carbonyl (C=O) groups excluding carboxylic acids is 2. The average molecular weight is 304 g/mol. The third-order valence-corrected chi connectivity index (χ3v) is 4.47. The topological polar surface area (TPSA) is 76.6 Å². The van der Waals surface area contributed by atoms with Crippen molar-refractivity contribution in [3.63, 3.8) is 0 Å². The van der Waals surface area contributed by atoms with E-state index in [4.69, 9.17) is 5.73 Å². The third-order valence-electron chi connectivity index (χ3n) is 4.47. The highest BCUT2D eigenvalue weighted by Crippen LogP contribution is 2.16. The van der Waals surface area contributed by atoms with E-state index in [9.17, 15) is 9.59 Å². The lowest BCUT2D eigenvalue weighted by atomic mass is 9.96. The van der Waals surface area contributed by atoms with Crippen molar-refractivity contribution in [2.24, 2.45) is 11.7 Å². The maximum Gasteiger partial charge on any atom is 0.230 e. The third kappa shape index (κ3) is 4.56. The quantitative estimate of drug-likeness (QED) is 0.737. The number of likely N-dealkylation sites (tertiary alicyclic amines) is 1. The first kappa shape index (κ1) is 16.5. The summed E-state index contributed by atoms with van der Waals surface area (Å²) in [5, 5.41) is 2.99. The van der Waals surface area contributed by atoms with Gasteiger partial charge in [-0.3, -0.25) is 9.59 Å². The van der Waals surface area contributed by atoms with Crippen molar-refractivity contribution in [3.8, 4) is 0 Å². The molecular weight excluding hydrogens is 278 g/mol. The van der Waals surface area contributed by atoms with E-state index in [1.165, 1.54) is 4.90 Å².